The Kier molecular flexibility index (Phi) is 5.83. The van der Waals surface area contributed by atoms with Crippen molar-refractivity contribution in [3.63, 3.8) is 0 Å². The van der Waals surface area contributed by atoms with Gasteiger partial charge in [0.2, 0.25) is 5.91 Å². The lowest BCUT2D eigenvalue weighted by molar-refractivity contribution is -0.116. The van der Waals surface area contributed by atoms with E-state index in [2.05, 4.69) is 15.2 Å². The van der Waals surface area contributed by atoms with E-state index < -0.39 is 5.91 Å². The second-order valence-corrected chi connectivity index (χ2v) is 7.52. The number of nitrogens with two attached hydrogens (primary N) is 1. The Morgan fingerprint density at radius 2 is 1.93 bits per heavy atom. The van der Waals surface area contributed by atoms with Gasteiger partial charge in [-0.25, -0.2) is 0 Å². The first-order valence-corrected chi connectivity index (χ1v) is 10.1. The van der Waals surface area contributed by atoms with Crippen molar-refractivity contribution >= 4 is 28.4 Å². The van der Waals surface area contributed by atoms with Crippen LogP contribution in [-0.4, -0.2) is 54.5 Å². The highest BCUT2D eigenvalue weighted by Gasteiger charge is 2.16. The number of aromatic amines is 1. The fourth-order valence-electron chi connectivity index (χ4n) is 3.96. The third-order valence-corrected chi connectivity index (χ3v) is 5.65. The summed E-state index contributed by atoms with van der Waals surface area (Å²) in [6.45, 7) is 5.92. The van der Waals surface area contributed by atoms with Crippen LogP contribution in [0, 0.1) is 6.92 Å². The van der Waals surface area contributed by atoms with Crippen LogP contribution in [0.25, 0.3) is 22.0 Å². The van der Waals surface area contributed by atoms with Crippen LogP contribution in [0.4, 0.5) is 5.69 Å². The quantitative estimate of drug-likeness (QED) is 0.586. The molecule has 0 saturated carbocycles. The van der Waals surface area contributed by atoms with E-state index in [9.17, 15) is 9.59 Å². The molecule has 0 atom stereocenters. The summed E-state index contributed by atoms with van der Waals surface area (Å²) in [5.74, 6) is -0.468. The van der Waals surface area contributed by atoms with Gasteiger partial charge in [-0.1, -0.05) is 18.2 Å². The van der Waals surface area contributed by atoms with Crippen molar-refractivity contribution in [3.8, 4) is 11.1 Å². The van der Waals surface area contributed by atoms with Crippen LogP contribution in [0.1, 0.15) is 22.3 Å². The molecule has 0 aliphatic carbocycles. The molecule has 7 nitrogen and oxygen atoms in total. The molecule has 7 heteroatoms. The van der Waals surface area contributed by atoms with Gasteiger partial charge in [0.1, 0.15) is 0 Å². The third-order valence-electron chi connectivity index (χ3n) is 5.65. The number of benzene rings is 2. The highest BCUT2D eigenvalue weighted by Crippen LogP contribution is 2.34. The SMILES string of the molecule is Cc1c(NC(=O)CCN2CCOCC2)cccc1-c1ccc(C(N)=O)c2[nH]ccc12. The fourth-order valence-corrected chi connectivity index (χ4v) is 3.96. The first kappa shape index (κ1) is 20.1. The maximum absolute atomic E-state index is 12.5. The van der Waals surface area contributed by atoms with Crippen molar-refractivity contribution in [1.29, 1.82) is 0 Å². The molecule has 0 bridgehead atoms. The largest absolute Gasteiger partial charge is 0.379 e. The van der Waals surface area contributed by atoms with Crippen molar-refractivity contribution < 1.29 is 14.3 Å². The minimum absolute atomic E-state index is 0.00221. The molecular formula is C23H26N4O3. The van der Waals surface area contributed by atoms with Crippen molar-refractivity contribution in [2.75, 3.05) is 38.2 Å². The standard InChI is InChI=1S/C23H26N4O3/c1-15-16(17-5-6-19(23(24)29)22-18(17)7-9-25-22)3-2-4-20(15)26-21(28)8-10-27-11-13-30-14-12-27/h2-7,9,25H,8,10-14H2,1H3,(H2,24,29)(H,26,28). The average molecular weight is 406 g/mol. The average Bonchev–Trinajstić information content (AvgIpc) is 3.24. The number of anilines is 1. The Labute approximate surface area is 175 Å². The van der Waals surface area contributed by atoms with Crippen LogP contribution in [0.3, 0.4) is 0 Å². The molecule has 1 aliphatic heterocycles. The number of carbonyl (C=O) groups is 2. The molecule has 30 heavy (non-hydrogen) atoms. The molecule has 156 valence electrons. The number of aromatic nitrogens is 1. The molecule has 1 fully saturated rings. The maximum atomic E-state index is 12.5. The number of morpholine rings is 1. The highest BCUT2D eigenvalue weighted by molar-refractivity contribution is 6.09. The molecule has 2 aromatic carbocycles. The van der Waals surface area contributed by atoms with E-state index in [1.807, 2.05) is 37.3 Å². The Hall–Kier alpha value is -3.16. The Balaban J connectivity index is 1.55. The molecule has 1 aromatic heterocycles. The normalized spacial score (nSPS) is 14.7. The first-order valence-electron chi connectivity index (χ1n) is 10.1. The molecule has 2 amide bonds. The number of ether oxygens (including phenoxy) is 1. The molecule has 3 aromatic rings. The summed E-state index contributed by atoms with van der Waals surface area (Å²) in [6, 6.07) is 11.4. The lowest BCUT2D eigenvalue weighted by Gasteiger charge is -2.26. The van der Waals surface area contributed by atoms with E-state index >= 15 is 0 Å². The molecular weight excluding hydrogens is 380 g/mol. The number of rotatable bonds is 6. The number of carbonyl (C=O) groups excluding carboxylic acids is 2. The van der Waals surface area contributed by atoms with E-state index in [-0.39, 0.29) is 5.91 Å². The van der Waals surface area contributed by atoms with E-state index in [0.717, 1.165) is 66.1 Å². The molecule has 0 unspecified atom stereocenters. The number of hydrogen-bond acceptors (Lipinski definition) is 4. The van der Waals surface area contributed by atoms with Crippen molar-refractivity contribution in [3.05, 3.63) is 53.7 Å². The van der Waals surface area contributed by atoms with E-state index in [1.165, 1.54) is 0 Å². The van der Waals surface area contributed by atoms with Crippen LogP contribution in [0.2, 0.25) is 0 Å². The lowest BCUT2D eigenvalue weighted by atomic mass is 9.94. The smallest absolute Gasteiger partial charge is 0.250 e. The van der Waals surface area contributed by atoms with Crippen LogP contribution in [0.15, 0.2) is 42.6 Å². The monoisotopic (exact) mass is 406 g/mol. The zero-order chi connectivity index (χ0) is 21.1. The Morgan fingerprint density at radius 1 is 1.13 bits per heavy atom. The minimum Gasteiger partial charge on any atom is -0.379 e. The van der Waals surface area contributed by atoms with Gasteiger partial charge in [0, 0.05) is 43.3 Å². The minimum atomic E-state index is -0.466. The van der Waals surface area contributed by atoms with Crippen molar-refractivity contribution in [2.24, 2.45) is 5.73 Å². The van der Waals surface area contributed by atoms with Crippen LogP contribution in [0.5, 0.6) is 0 Å². The molecule has 1 aliphatic rings. The summed E-state index contributed by atoms with van der Waals surface area (Å²) in [6.07, 6.45) is 2.24. The predicted octanol–water partition coefficient (Wildman–Crippen LogP) is 2.90. The number of fused-ring (bicyclic) bond motifs is 1. The lowest BCUT2D eigenvalue weighted by Crippen LogP contribution is -2.38. The zero-order valence-electron chi connectivity index (χ0n) is 17.0. The number of H-pyrrole nitrogens is 1. The van der Waals surface area contributed by atoms with Gasteiger partial charge in [-0.3, -0.25) is 14.5 Å². The van der Waals surface area contributed by atoms with Gasteiger partial charge in [-0.15, -0.1) is 0 Å². The van der Waals surface area contributed by atoms with Gasteiger partial charge in [0.05, 0.1) is 24.3 Å². The van der Waals surface area contributed by atoms with Gasteiger partial charge < -0.3 is 20.8 Å². The fraction of sp³-hybridized carbons (Fsp3) is 0.304. The first-order chi connectivity index (χ1) is 14.5. The summed E-state index contributed by atoms with van der Waals surface area (Å²) in [4.78, 5) is 29.6. The van der Waals surface area contributed by atoms with Gasteiger partial charge >= 0.3 is 0 Å². The Bertz CT molecular complexity index is 1080. The summed E-state index contributed by atoms with van der Waals surface area (Å²) < 4.78 is 5.35. The number of nitrogens with zero attached hydrogens (tertiary/aromatic N) is 1. The number of primary amides is 1. The molecule has 1 saturated heterocycles. The molecule has 0 spiro atoms. The van der Waals surface area contributed by atoms with Crippen molar-refractivity contribution in [1.82, 2.24) is 9.88 Å². The predicted molar refractivity (Wildman–Crippen MR) is 117 cm³/mol. The molecule has 4 rings (SSSR count). The van der Waals surface area contributed by atoms with E-state index in [0.29, 0.717) is 12.0 Å². The summed E-state index contributed by atoms with van der Waals surface area (Å²) in [5, 5.41) is 3.97. The highest BCUT2D eigenvalue weighted by atomic mass is 16.5. The summed E-state index contributed by atoms with van der Waals surface area (Å²) in [7, 11) is 0. The topological polar surface area (TPSA) is 100 Å². The second kappa shape index (κ2) is 8.69. The number of nitrogens with one attached hydrogen (secondary N) is 2. The van der Waals surface area contributed by atoms with Crippen LogP contribution in [-0.2, 0) is 9.53 Å². The van der Waals surface area contributed by atoms with E-state index in [4.69, 9.17) is 10.5 Å². The van der Waals surface area contributed by atoms with Crippen LogP contribution < -0.4 is 11.1 Å². The van der Waals surface area contributed by atoms with E-state index in [1.54, 1.807) is 12.3 Å². The van der Waals surface area contributed by atoms with Gasteiger partial charge in [-0.2, -0.15) is 0 Å². The number of hydrogen-bond donors (Lipinski definition) is 3. The summed E-state index contributed by atoms with van der Waals surface area (Å²) in [5.41, 5.74) is 10.4. The Morgan fingerprint density at radius 3 is 2.70 bits per heavy atom. The van der Waals surface area contributed by atoms with Gasteiger partial charge in [0.15, 0.2) is 0 Å². The maximum Gasteiger partial charge on any atom is 0.250 e. The van der Waals surface area contributed by atoms with Gasteiger partial charge in [0.25, 0.3) is 5.91 Å². The molecule has 0 radical (unpaired) electrons. The third kappa shape index (κ3) is 4.08. The van der Waals surface area contributed by atoms with Gasteiger partial charge in [-0.05, 0) is 41.8 Å². The van der Waals surface area contributed by atoms with Crippen molar-refractivity contribution in [2.45, 2.75) is 13.3 Å². The zero-order valence-corrected chi connectivity index (χ0v) is 17.0. The summed E-state index contributed by atoms with van der Waals surface area (Å²) >= 11 is 0. The number of amides is 2. The molecule has 2 heterocycles. The second-order valence-electron chi connectivity index (χ2n) is 7.52. The molecule has 4 N–H and O–H groups in total. The van der Waals surface area contributed by atoms with Crippen LogP contribution >= 0.6 is 0 Å².